The first-order valence-corrected chi connectivity index (χ1v) is 13.0. The Bertz CT molecular complexity index is 1100. The van der Waals surface area contributed by atoms with Gasteiger partial charge in [0.1, 0.15) is 18.3 Å². The Hall–Kier alpha value is -3.07. The van der Waals surface area contributed by atoms with Crippen LogP contribution in [0.2, 0.25) is 0 Å². The fourth-order valence-corrected chi connectivity index (χ4v) is 4.29. The molecule has 0 saturated heterocycles. The van der Waals surface area contributed by atoms with E-state index in [0.717, 1.165) is 21.7 Å². The Kier molecular flexibility index (Phi) is 9.49. The Morgan fingerprint density at radius 3 is 2.24 bits per heavy atom. The summed E-state index contributed by atoms with van der Waals surface area (Å²) in [5.74, 6) is -0.206. The molecule has 0 aliphatic heterocycles. The molecule has 0 spiro atoms. The molecule has 2 rings (SSSR count). The second kappa shape index (κ2) is 11.9. The van der Waals surface area contributed by atoms with E-state index in [1.807, 2.05) is 45.0 Å². The molecule has 0 aliphatic carbocycles. The second-order valence-corrected chi connectivity index (χ2v) is 10.6. The zero-order valence-corrected chi connectivity index (χ0v) is 21.6. The molecule has 2 amide bonds. The number of aryl methyl sites for hydroxylation is 1. The smallest absolute Gasteiger partial charge is 0.244 e. The number of benzene rings is 2. The highest BCUT2D eigenvalue weighted by molar-refractivity contribution is 7.92. The van der Waals surface area contributed by atoms with Crippen molar-refractivity contribution >= 4 is 27.5 Å². The van der Waals surface area contributed by atoms with Gasteiger partial charge in [-0.15, -0.1) is 0 Å². The summed E-state index contributed by atoms with van der Waals surface area (Å²) in [5, 5.41) is 2.87. The van der Waals surface area contributed by atoms with Crippen LogP contribution in [0, 0.1) is 12.8 Å². The van der Waals surface area contributed by atoms with Gasteiger partial charge < -0.3 is 15.0 Å². The summed E-state index contributed by atoms with van der Waals surface area (Å²) in [6, 6.07) is 13.4. The van der Waals surface area contributed by atoms with Crippen LogP contribution in [0.4, 0.5) is 5.69 Å². The minimum atomic E-state index is -3.82. The van der Waals surface area contributed by atoms with Crippen molar-refractivity contribution in [1.82, 2.24) is 10.2 Å². The lowest BCUT2D eigenvalue weighted by Crippen LogP contribution is -2.51. The SMILES string of the molecule is COc1ccccc1N(CC(=O)N(Cc1ccccc1C)C(C)C(=O)NCC(C)C)S(C)(=O)=O. The van der Waals surface area contributed by atoms with E-state index in [1.54, 1.807) is 31.2 Å². The first-order chi connectivity index (χ1) is 16.0. The van der Waals surface area contributed by atoms with E-state index in [0.29, 0.717) is 12.3 Å². The topological polar surface area (TPSA) is 96.0 Å². The van der Waals surface area contributed by atoms with E-state index in [4.69, 9.17) is 4.74 Å². The fraction of sp³-hybridized carbons (Fsp3) is 0.440. The summed E-state index contributed by atoms with van der Waals surface area (Å²) < 4.78 is 31.7. The van der Waals surface area contributed by atoms with Gasteiger partial charge in [-0.1, -0.05) is 50.2 Å². The third kappa shape index (κ3) is 7.21. The van der Waals surface area contributed by atoms with Crippen molar-refractivity contribution in [3.05, 3.63) is 59.7 Å². The summed E-state index contributed by atoms with van der Waals surface area (Å²) in [6.45, 7) is 7.74. The third-order valence-electron chi connectivity index (χ3n) is 5.49. The van der Waals surface area contributed by atoms with Crippen molar-refractivity contribution < 1.29 is 22.7 Å². The number of para-hydroxylation sites is 2. The van der Waals surface area contributed by atoms with Gasteiger partial charge in [0.25, 0.3) is 0 Å². The van der Waals surface area contributed by atoms with Crippen molar-refractivity contribution in [3.63, 3.8) is 0 Å². The summed E-state index contributed by atoms with van der Waals surface area (Å²) >= 11 is 0. The molecular weight excluding hydrogens is 454 g/mol. The number of carbonyl (C=O) groups is 2. The summed E-state index contributed by atoms with van der Waals surface area (Å²) in [7, 11) is -2.39. The maximum atomic E-state index is 13.6. The molecule has 0 aromatic heterocycles. The van der Waals surface area contributed by atoms with Crippen LogP contribution in [0.3, 0.4) is 0 Å². The van der Waals surface area contributed by atoms with Gasteiger partial charge >= 0.3 is 0 Å². The quantitative estimate of drug-likeness (QED) is 0.524. The Balaban J connectivity index is 2.42. The molecule has 34 heavy (non-hydrogen) atoms. The number of amides is 2. The van der Waals surface area contributed by atoms with Crippen LogP contribution in [-0.4, -0.2) is 57.6 Å². The molecule has 1 N–H and O–H groups in total. The highest BCUT2D eigenvalue weighted by atomic mass is 32.2. The maximum Gasteiger partial charge on any atom is 0.244 e. The van der Waals surface area contributed by atoms with Crippen LogP contribution < -0.4 is 14.4 Å². The van der Waals surface area contributed by atoms with E-state index < -0.39 is 28.5 Å². The number of nitrogens with zero attached hydrogens (tertiary/aromatic N) is 2. The second-order valence-electron chi connectivity index (χ2n) is 8.70. The van der Waals surface area contributed by atoms with Crippen molar-refractivity contribution in [3.8, 4) is 5.75 Å². The molecule has 1 atom stereocenters. The van der Waals surface area contributed by atoms with Crippen LogP contribution in [0.25, 0.3) is 0 Å². The number of anilines is 1. The van der Waals surface area contributed by atoms with Gasteiger partial charge in [0.15, 0.2) is 0 Å². The molecule has 186 valence electrons. The number of hydrogen-bond acceptors (Lipinski definition) is 5. The minimum absolute atomic E-state index is 0.172. The van der Waals surface area contributed by atoms with Crippen LogP contribution in [0.15, 0.2) is 48.5 Å². The largest absolute Gasteiger partial charge is 0.495 e. The van der Waals surface area contributed by atoms with Gasteiger partial charge in [-0.2, -0.15) is 0 Å². The normalized spacial score (nSPS) is 12.2. The van der Waals surface area contributed by atoms with Gasteiger partial charge in [-0.25, -0.2) is 8.42 Å². The number of methoxy groups -OCH3 is 1. The van der Waals surface area contributed by atoms with Gasteiger partial charge in [-0.3, -0.25) is 13.9 Å². The molecule has 0 aliphatic rings. The number of hydrogen-bond donors (Lipinski definition) is 1. The highest BCUT2D eigenvalue weighted by Gasteiger charge is 2.31. The average molecular weight is 490 g/mol. The molecular formula is C25H35N3O5S. The molecule has 0 fully saturated rings. The van der Waals surface area contributed by atoms with Crippen molar-refractivity contribution in [2.45, 2.75) is 40.3 Å². The Morgan fingerprint density at radius 2 is 1.65 bits per heavy atom. The predicted molar refractivity (Wildman–Crippen MR) is 134 cm³/mol. The molecule has 0 saturated carbocycles. The number of nitrogens with one attached hydrogen (secondary N) is 1. The number of ether oxygens (including phenoxy) is 1. The summed E-state index contributed by atoms with van der Waals surface area (Å²) in [6.07, 6.45) is 1.04. The minimum Gasteiger partial charge on any atom is -0.495 e. The third-order valence-corrected chi connectivity index (χ3v) is 6.61. The average Bonchev–Trinajstić information content (AvgIpc) is 2.79. The first-order valence-electron chi connectivity index (χ1n) is 11.2. The summed E-state index contributed by atoms with van der Waals surface area (Å²) in [5.41, 5.74) is 2.11. The number of carbonyl (C=O) groups excluding carboxylic acids is 2. The molecule has 0 radical (unpaired) electrons. The van der Waals surface area contributed by atoms with Crippen molar-refractivity contribution in [1.29, 1.82) is 0 Å². The van der Waals surface area contributed by atoms with Gasteiger partial charge in [0, 0.05) is 13.1 Å². The lowest BCUT2D eigenvalue weighted by atomic mass is 10.1. The molecule has 9 heteroatoms. The lowest BCUT2D eigenvalue weighted by Gasteiger charge is -2.32. The van der Waals surface area contributed by atoms with Crippen LogP contribution in [0.1, 0.15) is 31.9 Å². The predicted octanol–water partition coefficient (Wildman–Crippen LogP) is 2.96. The molecule has 0 heterocycles. The van der Waals surface area contributed by atoms with E-state index >= 15 is 0 Å². The molecule has 0 bridgehead atoms. The van der Waals surface area contributed by atoms with Gasteiger partial charge in [0.2, 0.25) is 21.8 Å². The maximum absolute atomic E-state index is 13.6. The van der Waals surface area contributed by atoms with Crippen molar-refractivity contribution in [2.75, 3.05) is 30.8 Å². The zero-order chi connectivity index (χ0) is 25.5. The standard InChI is InChI=1S/C25H35N3O5S/c1-18(2)15-26-25(30)20(4)27(16-21-12-8-7-11-19(21)3)24(29)17-28(34(6,31)32)22-13-9-10-14-23(22)33-5/h7-14,18,20H,15-17H2,1-6H3,(H,26,30). The monoisotopic (exact) mass is 489 g/mol. The van der Waals surface area contributed by atoms with E-state index in [1.165, 1.54) is 12.0 Å². The number of rotatable bonds is 11. The van der Waals surface area contributed by atoms with E-state index in [2.05, 4.69) is 5.32 Å². The lowest BCUT2D eigenvalue weighted by molar-refractivity contribution is -0.139. The van der Waals surface area contributed by atoms with Crippen molar-refractivity contribution in [2.24, 2.45) is 5.92 Å². The Morgan fingerprint density at radius 1 is 1.03 bits per heavy atom. The Labute approximate surface area is 202 Å². The molecule has 8 nitrogen and oxygen atoms in total. The van der Waals surface area contributed by atoms with E-state index in [9.17, 15) is 18.0 Å². The van der Waals surface area contributed by atoms with Gasteiger partial charge in [-0.05, 0) is 43.0 Å². The molecule has 2 aromatic rings. The first kappa shape index (κ1) is 27.2. The fourth-order valence-electron chi connectivity index (χ4n) is 3.44. The zero-order valence-electron chi connectivity index (χ0n) is 20.7. The highest BCUT2D eigenvalue weighted by Crippen LogP contribution is 2.29. The van der Waals surface area contributed by atoms with Crippen LogP contribution >= 0.6 is 0 Å². The number of sulfonamides is 1. The van der Waals surface area contributed by atoms with Crippen LogP contribution in [-0.2, 0) is 26.2 Å². The molecule has 1 unspecified atom stereocenters. The van der Waals surface area contributed by atoms with Gasteiger partial charge in [0.05, 0.1) is 19.1 Å². The molecule has 2 aromatic carbocycles. The summed E-state index contributed by atoms with van der Waals surface area (Å²) in [4.78, 5) is 27.9. The van der Waals surface area contributed by atoms with E-state index in [-0.39, 0.29) is 24.1 Å². The van der Waals surface area contributed by atoms with Crippen LogP contribution in [0.5, 0.6) is 5.75 Å².